The number of fused-ring (bicyclic) bond motifs is 1. The number of carbonyl (C=O) groups excluding carboxylic acids is 1. The van der Waals surface area contributed by atoms with E-state index < -0.39 is 0 Å². The Morgan fingerprint density at radius 1 is 1.26 bits per heavy atom. The average Bonchev–Trinajstić information content (AvgIpc) is 3.30. The van der Waals surface area contributed by atoms with Crippen LogP contribution in [0, 0.1) is 0 Å². The molecule has 7 heteroatoms. The second kappa shape index (κ2) is 8.15. The molecule has 0 N–H and O–H groups in total. The predicted octanol–water partition coefficient (Wildman–Crippen LogP) is 5.36. The first kappa shape index (κ1) is 18.7. The number of carbonyl (C=O) groups is 1. The highest BCUT2D eigenvalue weighted by Gasteiger charge is 2.26. The molecule has 4 rings (SSSR count). The molecule has 0 bridgehead atoms. The molecule has 140 valence electrons. The van der Waals surface area contributed by atoms with Crippen molar-refractivity contribution in [3.63, 3.8) is 0 Å². The third-order valence-corrected chi connectivity index (χ3v) is 6.23. The van der Waals surface area contributed by atoms with Crippen molar-refractivity contribution in [3.05, 3.63) is 58.1 Å². The lowest BCUT2D eigenvalue weighted by Crippen LogP contribution is -2.38. The van der Waals surface area contributed by atoms with Gasteiger partial charge < -0.3 is 4.74 Å². The first-order valence-electron chi connectivity index (χ1n) is 8.81. The number of benzene rings is 2. The van der Waals surface area contributed by atoms with Gasteiger partial charge >= 0.3 is 0 Å². The van der Waals surface area contributed by atoms with Crippen molar-refractivity contribution in [2.45, 2.75) is 25.4 Å². The Labute approximate surface area is 171 Å². The summed E-state index contributed by atoms with van der Waals surface area (Å²) in [6.07, 6.45) is 2.23. The van der Waals surface area contributed by atoms with Gasteiger partial charge in [0.15, 0.2) is 5.13 Å². The Bertz CT molecular complexity index is 970. The summed E-state index contributed by atoms with van der Waals surface area (Å²) in [6.45, 7) is 1.24. The molecule has 0 spiro atoms. The number of aromatic nitrogens is 1. The van der Waals surface area contributed by atoms with E-state index in [2.05, 4.69) is 4.98 Å². The van der Waals surface area contributed by atoms with Gasteiger partial charge in [-0.1, -0.05) is 52.7 Å². The zero-order chi connectivity index (χ0) is 18.8. The third kappa shape index (κ3) is 4.27. The number of anilines is 1. The minimum absolute atomic E-state index is 0.0378. The zero-order valence-electron chi connectivity index (χ0n) is 14.5. The molecule has 3 aromatic rings. The average molecular weight is 421 g/mol. The number of ether oxygens (including phenoxy) is 1. The molecule has 0 saturated carbocycles. The van der Waals surface area contributed by atoms with Crippen LogP contribution in [0.3, 0.4) is 0 Å². The lowest BCUT2D eigenvalue weighted by atomic mass is 10.1. The monoisotopic (exact) mass is 420 g/mol. The van der Waals surface area contributed by atoms with Crippen LogP contribution in [0.15, 0.2) is 42.5 Å². The second-order valence-corrected chi connectivity index (χ2v) is 8.37. The van der Waals surface area contributed by atoms with Gasteiger partial charge in [-0.3, -0.25) is 9.69 Å². The molecule has 4 nitrogen and oxygen atoms in total. The molecule has 1 saturated heterocycles. The molecule has 1 aromatic heterocycles. The fourth-order valence-corrected chi connectivity index (χ4v) is 4.65. The molecule has 1 aliphatic heterocycles. The van der Waals surface area contributed by atoms with E-state index >= 15 is 0 Å². The van der Waals surface area contributed by atoms with E-state index in [9.17, 15) is 4.79 Å². The molecule has 1 unspecified atom stereocenters. The Kier molecular flexibility index (Phi) is 5.64. The highest BCUT2D eigenvalue weighted by Crippen LogP contribution is 2.32. The van der Waals surface area contributed by atoms with Crippen molar-refractivity contribution >= 4 is 55.8 Å². The summed E-state index contributed by atoms with van der Waals surface area (Å²) in [5.41, 5.74) is 1.65. The van der Waals surface area contributed by atoms with E-state index in [1.807, 2.05) is 36.4 Å². The number of hydrogen-bond acceptors (Lipinski definition) is 4. The summed E-state index contributed by atoms with van der Waals surface area (Å²) in [7, 11) is 0. The first-order valence-corrected chi connectivity index (χ1v) is 10.4. The van der Waals surface area contributed by atoms with E-state index in [1.54, 1.807) is 11.0 Å². The van der Waals surface area contributed by atoms with Crippen LogP contribution in [-0.4, -0.2) is 30.1 Å². The molecule has 0 aliphatic carbocycles. The summed E-state index contributed by atoms with van der Waals surface area (Å²) in [5.74, 6) is -0.0382. The normalized spacial score (nSPS) is 16.7. The first-order chi connectivity index (χ1) is 13.1. The lowest BCUT2D eigenvalue weighted by Gasteiger charge is -2.23. The molecule has 1 atom stereocenters. The fourth-order valence-electron chi connectivity index (χ4n) is 3.18. The molecular weight excluding hydrogens is 403 g/mol. The van der Waals surface area contributed by atoms with E-state index in [0.29, 0.717) is 21.7 Å². The molecular formula is C20H18Cl2N2O2S. The number of amides is 1. The summed E-state index contributed by atoms with van der Waals surface area (Å²) in [5, 5.41) is 1.92. The quantitative estimate of drug-likeness (QED) is 0.557. The Balaban J connectivity index is 1.64. The van der Waals surface area contributed by atoms with Crippen molar-refractivity contribution < 1.29 is 9.53 Å². The molecule has 1 fully saturated rings. The maximum Gasteiger partial charge on any atom is 0.233 e. The van der Waals surface area contributed by atoms with Crippen molar-refractivity contribution in [3.8, 4) is 0 Å². The van der Waals surface area contributed by atoms with E-state index in [0.717, 1.165) is 35.2 Å². The molecule has 0 radical (unpaired) electrons. The Morgan fingerprint density at radius 3 is 2.89 bits per heavy atom. The van der Waals surface area contributed by atoms with Crippen molar-refractivity contribution in [2.75, 3.05) is 18.1 Å². The van der Waals surface area contributed by atoms with Gasteiger partial charge in [0.1, 0.15) is 0 Å². The van der Waals surface area contributed by atoms with Crippen LogP contribution in [0.2, 0.25) is 10.0 Å². The van der Waals surface area contributed by atoms with Gasteiger partial charge in [-0.05, 0) is 42.7 Å². The SMILES string of the molecule is O=C(Cc1ccccc1Cl)N(CC1CCCO1)c1nc2ccc(Cl)cc2s1. The van der Waals surface area contributed by atoms with Crippen LogP contribution < -0.4 is 4.90 Å². The summed E-state index contributed by atoms with van der Waals surface area (Å²) in [4.78, 5) is 19.5. The van der Waals surface area contributed by atoms with Gasteiger partial charge in [0.2, 0.25) is 5.91 Å². The summed E-state index contributed by atoms with van der Waals surface area (Å²) >= 11 is 13.8. The number of hydrogen-bond donors (Lipinski definition) is 0. The molecule has 2 aromatic carbocycles. The number of rotatable bonds is 5. The lowest BCUT2D eigenvalue weighted by molar-refractivity contribution is -0.118. The van der Waals surface area contributed by atoms with Crippen LogP contribution in [0.1, 0.15) is 18.4 Å². The number of halogens is 2. The van der Waals surface area contributed by atoms with Crippen LogP contribution in [0.4, 0.5) is 5.13 Å². The van der Waals surface area contributed by atoms with Gasteiger partial charge in [0.25, 0.3) is 0 Å². The van der Waals surface area contributed by atoms with Gasteiger partial charge in [0.05, 0.1) is 29.3 Å². The smallest absolute Gasteiger partial charge is 0.233 e. The van der Waals surface area contributed by atoms with Crippen LogP contribution >= 0.6 is 34.5 Å². The third-order valence-electron chi connectivity index (χ3n) is 4.58. The van der Waals surface area contributed by atoms with E-state index in [1.165, 1.54) is 11.3 Å². The van der Waals surface area contributed by atoms with E-state index in [-0.39, 0.29) is 18.4 Å². The van der Waals surface area contributed by atoms with Crippen LogP contribution in [-0.2, 0) is 16.0 Å². The highest BCUT2D eigenvalue weighted by atomic mass is 35.5. The van der Waals surface area contributed by atoms with E-state index in [4.69, 9.17) is 27.9 Å². The predicted molar refractivity (Wildman–Crippen MR) is 111 cm³/mol. The summed E-state index contributed by atoms with van der Waals surface area (Å²) < 4.78 is 6.72. The van der Waals surface area contributed by atoms with Crippen LogP contribution in [0.25, 0.3) is 10.2 Å². The molecule has 27 heavy (non-hydrogen) atoms. The van der Waals surface area contributed by atoms with Gasteiger partial charge in [-0.2, -0.15) is 0 Å². The maximum absolute atomic E-state index is 13.1. The van der Waals surface area contributed by atoms with Crippen molar-refractivity contribution in [1.29, 1.82) is 0 Å². The van der Waals surface area contributed by atoms with Crippen LogP contribution in [0.5, 0.6) is 0 Å². The van der Waals surface area contributed by atoms with Crippen molar-refractivity contribution in [2.24, 2.45) is 0 Å². The van der Waals surface area contributed by atoms with Crippen molar-refractivity contribution in [1.82, 2.24) is 4.98 Å². The molecule has 1 amide bonds. The standard InChI is InChI=1S/C20H18Cl2N2O2S/c21-14-7-8-17-18(11-14)27-20(23-17)24(12-15-5-3-9-26-15)19(25)10-13-4-1-2-6-16(13)22/h1-2,4,6-8,11,15H,3,5,9-10,12H2. The second-order valence-electron chi connectivity index (χ2n) is 6.52. The largest absolute Gasteiger partial charge is 0.376 e. The number of thiazole rings is 1. The van der Waals surface area contributed by atoms with Gasteiger partial charge in [-0.25, -0.2) is 4.98 Å². The topological polar surface area (TPSA) is 42.4 Å². The Hall–Kier alpha value is -1.66. The number of nitrogens with zero attached hydrogens (tertiary/aromatic N) is 2. The molecule has 1 aliphatic rings. The highest BCUT2D eigenvalue weighted by molar-refractivity contribution is 7.22. The minimum Gasteiger partial charge on any atom is -0.376 e. The Morgan fingerprint density at radius 2 is 2.11 bits per heavy atom. The zero-order valence-corrected chi connectivity index (χ0v) is 16.9. The summed E-state index contributed by atoms with van der Waals surface area (Å²) in [6, 6.07) is 13.0. The fraction of sp³-hybridized carbons (Fsp3) is 0.300. The van der Waals surface area contributed by atoms with Gasteiger partial charge in [0, 0.05) is 16.7 Å². The minimum atomic E-state index is -0.0382. The van der Waals surface area contributed by atoms with Gasteiger partial charge in [-0.15, -0.1) is 0 Å². The maximum atomic E-state index is 13.1. The molecule has 2 heterocycles.